The van der Waals surface area contributed by atoms with Crippen molar-refractivity contribution in [1.82, 2.24) is 16.0 Å². The van der Waals surface area contributed by atoms with Crippen LogP contribution in [0.4, 0.5) is 0 Å². The van der Waals surface area contributed by atoms with Gasteiger partial charge in [-0.1, -0.05) is 167 Å². The Morgan fingerprint density at radius 3 is 1.16 bits per heavy atom. The van der Waals surface area contributed by atoms with Gasteiger partial charge in [0, 0.05) is 20.3 Å². The van der Waals surface area contributed by atoms with E-state index in [4.69, 9.17) is 56.8 Å². The van der Waals surface area contributed by atoms with Crippen LogP contribution in [0.2, 0.25) is 0 Å². The Bertz CT molecular complexity index is 2560. The zero-order chi connectivity index (χ0) is 80.6. The highest BCUT2D eigenvalue weighted by atomic mass is 16.8. The van der Waals surface area contributed by atoms with E-state index in [0.29, 0.717) is 12.8 Å². The van der Waals surface area contributed by atoms with Crippen molar-refractivity contribution in [1.29, 1.82) is 0 Å². The van der Waals surface area contributed by atoms with Gasteiger partial charge in [0.1, 0.15) is 146 Å². The van der Waals surface area contributed by atoms with Crippen molar-refractivity contribution in [3.8, 4) is 0 Å². The fraction of sp³-hybridized carbons (Fsp3) is 0.932. The van der Waals surface area contributed by atoms with E-state index in [1.807, 2.05) is 6.08 Å². The average Bonchev–Trinajstić information content (AvgIpc) is 0.767. The topological polar surface area (TPSA) is 562 Å². The number of allylic oxidation sites excluding steroid dienone is 1. The van der Waals surface area contributed by atoms with Crippen molar-refractivity contribution < 1.29 is 163 Å². The molecule has 0 aliphatic carbocycles. The molecule has 3 amide bonds. The molecule has 0 radical (unpaired) electrons. The minimum absolute atomic E-state index is 0.179. The molecule has 642 valence electrons. The second-order valence-corrected chi connectivity index (χ2v) is 29.9. The second-order valence-electron chi connectivity index (χ2n) is 29.9. The van der Waals surface area contributed by atoms with Gasteiger partial charge in [0.2, 0.25) is 17.7 Å². The first-order chi connectivity index (χ1) is 52.8. The van der Waals surface area contributed by atoms with E-state index in [0.717, 1.165) is 65.2 Å². The van der Waals surface area contributed by atoms with Crippen molar-refractivity contribution in [3.05, 3.63) is 12.2 Å². The first-order valence-electron chi connectivity index (χ1n) is 40.0. The first-order valence-corrected chi connectivity index (χ1v) is 40.0. The van der Waals surface area contributed by atoms with Gasteiger partial charge in [-0.2, -0.15) is 0 Å². The van der Waals surface area contributed by atoms with Crippen LogP contribution in [-0.2, 0) is 71.2 Å². The molecule has 36 nitrogen and oxygen atoms in total. The molecule has 36 heteroatoms. The number of aliphatic hydroxyl groups excluding tert-OH is 18. The largest absolute Gasteiger partial charge is 0.394 e. The molecule has 0 aromatic heterocycles. The summed E-state index contributed by atoms with van der Waals surface area (Å²) in [7, 11) is 0. The number of carbonyl (C=O) groups excluding carboxylic acids is 3. The summed E-state index contributed by atoms with van der Waals surface area (Å²) in [6, 6.07) is -4.64. The van der Waals surface area contributed by atoms with E-state index in [-0.39, 0.29) is 12.3 Å². The molecule has 0 aromatic carbocycles. The number of hydrogen-bond acceptors (Lipinski definition) is 33. The van der Waals surface area contributed by atoms with Gasteiger partial charge in [0.15, 0.2) is 37.7 Å². The van der Waals surface area contributed by atoms with E-state index in [1.54, 1.807) is 6.08 Å². The summed E-state index contributed by atoms with van der Waals surface area (Å²) in [5.74, 6) is -2.05. The fourth-order valence-corrected chi connectivity index (χ4v) is 14.7. The van der Waals surface area contributed by atoms with Crippen LogP contribution in [0.3, 0.4) is 0 Å². The number of nitrogens with one attached hydrogen (secondary N) is 3. The molecule has 6 aliphatic heterocycles. The number of rotatable bonds is 50. The Morgan fingerprint density at radius 1 is 0.355 bits per heavy atom. The molecule has 21 N–H and O–H groups in total. The molecule has 6 saturated heterocycles. The van der Waals surface area contributed by atoms with Crippen LogP contribution in [-0.4, -0.2) is 352 Å². The summed E-state index contributed by atoms with van der Waals surface area (Å²) in [5, 5.41) is 207. The summed E-state index contributed by atoms with van der Waals surface area (Å²) in [5.41, 5.74) is 0. The molecule has 6 heterocycles. The number of aliphatic hydroxyl groups is 18. The average molecular weight is 1590 g/mol. The SMILES string of the molecule is CCCCCCCCCCCCC/C=C/[C@@H](O)[C@H](CO[C@@H]1OC(CO)[C@@H](O[C@@H]2OC(CO)[C@H](O[C@@H]3OC(CO)[C@H](O)[C@H](O[C@@H]4OC(CO)[C@H](O)[C@H](O[C@@H]5OC(CO)[C@H](O[C@@H]6OC(CO)[C@H](O)[C@H](O)C6O)[C@H](O)C5NC(C)=O)C4O)C3NC(C)=O)[C@H](O)C2O)[C@H](O)C1O)NC(=O)CCCCCCCCCCCCCCC. The molecule has 12 unspecified atom stereocenters. The molecule has 0 spiro atoms. The van der Waals surface area contributed by atoms with Crippen LogP contribution < -0.4 is 16.0 Å². The minimum atomic E-state index is -2.27. The van der Waals surface area contributed by atoms with Gasteiger partial charge in [-0.15, -0.1) is 0 Å². The molecule has 110 heavy (non-hydrogen) atoms. The van der Waals surface area contributed by atoms with Gasteiger partial charge < -0.3 is 165 Å². The van der Waals surface area contributed by atoms with Crippen LogP contribution >= 0.6 is 0 Å². The lowest BCUT2D eigenvalue weighted by Gasteiger charge is -2.51. The van der Waals surface area contributed by atoms with Crippen LogP contribution in [0.15, 0.2) is 12.2 Å². The molecule has 0 bridgehead atoms. The zero-order valence-electron chi connectivity index (χ0n) is 64.1. The van der Waals surface area contributed by atoms with Gasteiger partial charge in [-0.3, -0.25) is 14.4 Å². The summed E-state index contributed by atoms with van der Waals surface area (Å²) in [4.78, 5) is 39.2. The van der Waals surface area contributed by atoms with Crippen molar-refractivity contribution in [2.75, 3.05) is 46.2 Å². The molecule has 6 rings (SSSR count). The van der Waals surface area contributed by atoms with Gasteiger partial charge in [-0.25, -0.2) is 0 Å². The highest BCUT2D eigenvalue weighted by Gasteiger charge is 2.59. The van der Waals surface area contributed by atoms with Gasteiger partial charge in [0.25, 0.3) is 0 Å². The third-order valence-electron chi connectivity index (χ3n) is 21.2. The van der Waals surface area contributed by atoms with Crippen molar-refractivity contribution in [2.45, 2.75) is 391 Å². The standard InChI is InChI=1S/C74H133N3O33/c1-5-7-9-11-13-15-17-19-21-23-25-27-29-31-43(86)42(77-50(87)32-30-28-26-24-22-20-18-16-14-12-10-8-6-2)39-99-71-61(96)58(93)66(48(37-82)104-71)108-73-62(97)59(94)65(49(38-83)105-73)106-70-52(76-41(4)85)67(54(89)45(34-79)100-70)109-74-63(98)68(55(90)46(35-80)102-74)110-69-51(75-40(3)84)56(91)64(47(36-81)103-69)107-72-60(95)57(92)53(88)44(33-78)101-72/h29,31,42-49,51-74,78-83,86,88-98H,5-28,30,32-39H2,1-4H3,(H,75,84)(H,76,85)(H,77,87)/b31-29+/t42-,43+,44?,45?,46?,47?,48?,49?,51?,52?,53-,54-,55-,56+,57-,58+,59+,60?,61?,62?,63?,64-,65-,66+,67+,68-,69-,70-,71+,72-,73-,74-/m0/s1. The Labute approximate surface area is 643 Å². The summed E-state index contributed by atoms with van der Waals surface area (Å²) in [6.45, 7) is 0.0528. The van der Waals surface area contributed by atoms with Crippen LogP contribution in [0.1, 0.15) is 195 Å². The fourth-order valence-electron chi connectivity index (χ4n) is 14.7. The highest BCUT2D eigenvalue weighted by molar-refractivity contribution is 5.76. The Kier molecular flexibility index (Phi) is 44.0. The number of carbonyl (C=O) groups is 3. The Balaban J connectivity index is 1.10. The number of unbranched alkanes of at least 4 members (excludes halogenated alkanes) is 23. The summed E-state index contributed by atoms with van der Waals surface area (Å²) >= 11 is 0. The van der Waals surface area contributed by atoms with Crippen LogP contribution in [0.5, 0.6) is 0 Å². The molecule has 0 saturated carbocycles. The smallest absolute Gasteiger partial charge is 0.220 e. The van der Waals surface area contributed by atoms with Gasteiger partial charge in [0.05, 0.1) is 58.4 Å². The quantitative estimate of drug-likeness (QED) is 0.0211. The van der Waals surface area contributed by atoms with Crippen molar-refractivity contribution in [2.24, 2.45) is 0 Å². The summed E-state index contributed by atoms with van der Waals surface area (Å²) < 4.78 is 70.9. The minimum Gasteiger partial charge on any atom is -0.394 e. The van der Waals surface area contributed by atoms with Crippen LogP contribution in [0.25, 0.3) is 0 Å². The normalized spacial score (nSPS) is 37.7. The van der Waals surface area contributed by atoms with Gasteiger partial charge in [-0.05, 0) is 19.3 Å². The van der Waals surface area contributed by atoms with Crippen LogP contribution in [0, 0.1) is 0 Å². The van der Waals surface area contributed by atoms with E-state index >= 15 is 0 Å². The second kappa shape index (κ2) is 50.5. The molecule has 32 atom stereocenters. The maximum absolute atomic E-state index is 13.5. The van der Waals surface area contributed by atoms with E-state index in [1.165, 1.54) is 96.3 Å². The number of hydrogen-bond donors (Lipinski definition) is 21. The Morgan fingerprint density at radius 2 is 0.691 bits per heavy atom. The van der Waals surface area contributed by atoms with Crippen molar-refractivity contribution >= 4 is 17.7 Å². The maximum atomic E-state index is 13.5. The first kappa shape index (κ1) is 95.8. The molecule has 6 aliphatic rings. The lowest BCUT2D eigenvalue weighted by atomic mass is 9.93. The molecule has 6 fully saturated rings. The summed E-state index contributed by atoms with van der Waals surface area (Å²) in [6.07, 6.45) is -23.2. The van der Waals surface area contributed by atoms with Gasteiger partial charge >= 0.3 is 0 Å². The highest BCUT2D eigenvalue weighted by Crippen LogP contribution is 2.38. The molecule has 0 aromatic rings. The number of ether oxygens (including phenoxy) is 12. The van der Waals surface area contributed by atoms with Crippen molar-refractivity contribution in [3.63, 3.8) is 0 Å². The number of amides is 3. The monoisotopic (exact) mass is 1590 g/mol. The van der Waals surface area contributed by atoms with E-state index < -0.39 is 254 Å². The third-order valence-corrected chi connectivity index (χ3v) is 21.2. The maximum Gasteiger partial charge on any atom is 0.220 e. The third kappa shape index (κ3) is 28.4. The molecular formula is C74H133N3O33. The lowest BCUT2D eigenvalue weighted by Crippen LogP contribution is -2.71. The van der Waals surface area contributed by atoms with E-state index in [2.05, 4.69) is 29.8 Å². The Hall–Kier alpha value is -3.05. The predicted octanol–water partition coefficient (Wildman–Crippen LogP) is -3.20. The zero-order valence-corrected chi connectivity index (χ0v) is 64.1. The lowest BCUT2D eigenvalue weighted by molar-refractivity contribution is -0.385. The molecular weight excluding hydrogens is 1460 g/mol. The van der Waals surface area contributed by atoms with E-state index in [9.17, 15) is 106 Å². The predicted molar refractivity (Wildman–Crippen MR) is 385 cm³/mol.